The number of hydrogen-bond acceptors (Lipinski definition) is 4. The zero-order valence-electron chi connectivity index (χ0n) is 16.0. The van der Waals surface area contributed by atoms with Gasteiger partial charge in [-0.1, -0.05) is 23.7 Å². The van der Waals surface area contributed by atoms with Crippen molar-refractivity contribution in [1.29, 1.82) is 0 Å². The summed E-state index contributed by atoms with van der Waals surface area (Å²) < 4.78 is 19.3. The van der Waals surface area contributed by atoms with Crippen molar-refractivity contribution in [3.63, 3.8) is 0 Å². The van der Waals surface area contributed by atoms with Crippen molar-refractivity contribution in [1.82, 2.24) is 9.88 Å². The maximum Gasteiger partial charge on any atom is 0.407 e. The van der Waals surface area contributed by atoms with Gasteiger partial charge in [0.05, 0.1) is 11.8 Å². The highest BCUT2D eigenvalue weighted by atomic mass is 35.5. The highest BCUT2D eigenvalue weighted by Crippen LogP contribution is 2.22. The number of aliphatic hydroxyl groups excluding tert-OH is 1. The van der Waals surface area contributed by atoms with E-state index in [1.54, 1.807) is 45.0 Å². The van der Waals surface area contributed by atoms with Crippen molar-refractivity contribution in [3.05, 3.63) is 58.5 Å². The van der Waals surface area contributed by atoms with Crippen LogP contribution in [0.3, 0.4) is 0 Å². The van der Waals surface area contributed by atoms with E-state index >= 15 is 0 Å². The molecule has 0 aliphatic carbocycles. The minimum atomic E-state index is -1.05. The predicted octanol–water partition coefficient (Wildman–Crippen LogP) is 4.66. The summed E-state index contributed by atoms with van der Waals surface area (Å²) in [5.41, 5.74) is 0.111. The van der Waals surface area contributed by atoms with Crippen LogP contribution in [0, 0.1) is 5.82 Å². The molecule has 1 heterocycles. The average Bonchev–Trinajstić information content (AvgIpc) is 2.59. The Morgan fingerprint density at radius 3 is 2.64 bits per heavy atom. The molecule has 6 nitrogen and oxygen atoms in total. The highest BCUT2D eigenvalue weighted by Gasteiger charge is 2.26. The van der Waals surface area contributed by atoms with E-state index in [2.05, 4.69) is 4.98 Å². The Hall–Kier alpha value is -2.38. The van der Waals surface area contributed by atoms with E-state index in [0.29, 0.717) is 16.3 Å². The molecule has 2 aromatic rings. The van der Waals surface area contributed by atoms with Gasteiger partial charge in [-0.2, -0.15) is 0 Å². The van der Waals surface area contributed by atoms with E-state index < -0.39 is 23.6 Å². The number of halogens is 2. The normalized spacial score (nSPS) is 12.5. The van der Waals surface area contributed by atoms with Crippen LogP contribution in [-0.2, 0) is 6.61 Å². The molecule has 0 aliphatic rings. The molecule has 0 fully saturated rings. The molecule has 1 unspecified atom stereocenters. The summed E-state index contributed by atoms with van der Waals surface area (Å²) >= 11 is 5.73. The monoisotopic (exact) mass is 410 g/mol. The first-order valence-electron chi connectivity index (χ1n) is 8.80. The molecule has 0 radical (unpaired) electrons. The molecule has 2 rings (SSSR count). The lowest BCUT2D eigenvalue weighted by molar-refractivity contribution is 0.0809. The topological polar surface area (TPSA) is 82.9 Å². The van der Waals surface area contributed by atoms with Crippen molar-refractivity contribution >= 4 is 17.7 Å². The maximum atomic E-state index is 13.8. The lowest BCUT2D eigenvalue weighted by Gasteiger charge is -2.33. The van der Waals surface area contributed by atoms with Gasteiger partial charge in [0.25, 0.3) is 0 Å². The summed E-state index contributed by atoms with van der Waals surface area (Å²) in [5.74, 6) is -0.239. The van der Waals surface area contributed by atoms with Gasteiger partial charge in [-0.3, -0.25) is 0 Å². The van der Waals surface area contributed by atoms with Gasteiger partial charge in [0, 0.05) is 28.7 Å². The Morgan fingerprint density at radius 2 is 2.04 bits per heavy atom. The number of benzene rings is 1. The van der Waals surface area contributed by atoms with Crippen LogP contribution in [-0.4, -0.2) is 38.3 Å². The van der Waals surface area contributed by atoms with Crippen LogP contribution in [0.5, 0.6) is 5.88 Å². The number of carbonyl (C=O) groups is 1. The fourth-order valence-corrected chi connectivity index (χ4v) is 2.76. The molecule has 1 aromatic heterocycles. The molecule has 0 aliphatic heterocycles. The summed E-state index contributed by atoms with van der Waals surface area (Å²) in [6.07, 6.45) is -1.82. The van der Waals surface area contributed by atoms with Crippen molar-refractivity contribution in [2.75, 3.05) is 6.54 Å². The van der Waals surface area contributed by atoms with Gasteiger partial charge in [-0.05, 0) is 45.4 Å². The number of pyridine rings is 1. The quantitative estimate of drug-likeness (QED) is 0.693. The number of aromatic nitrogens is 1. The number of carboxylic acid groups (broad SMARTS) is 1. The van der Waals surface area contributed by atoms with Crippen LogP contribution in [0.4, 0.5) is 9.18 Å². The summed E-state index contributed by atoms with van der Waals surface area (Å²) in [6, 6.07) is 9.20. The molecular weight excluding hydrogens is 387 g/mol. The highest BCUT2D eigenvalue weighted by molar-refractivity contribution is 6.30. The summed E-state index contributed by atoms with van der Waals surface area (Å²) in [4.78, 5) is 16.9. The number of aliphatic hydroxyl groups is 1. The van der Waals surface area contributed by atoms with E-state index in [0.717, 1.165) is 0 Å². The lowest BCUT2D eigenvalue weighted by atomic mass is 10.1. The fourth-order valence-electron chi connectivity index (χ4n) is 2.60. The number of hydrogen-bond donors (Lipinski definition) is 2. The Labute approximate surface area is 168 Å². The summed E-state index contributed by atoms with van der Waals surface area (Å²) in [6.45, 7) is 5.48. The average molecular weight is 411 g/mol. The van der Waals surface area contributed by atoms with E-state index in [-0.39, 0.29) is 25.5 Å². The number of nitrogens with zero attached hydrogens (tertiary/aromatic N) is 2. The van der Waals surface area contributed by atoms with Crippen LogP contribution in [0.25, 0.3) is 0 Å². The minimum absolute atomic E-state index is 0.0354. The smallest absolute Gasteiger partial charge is 0.407 e. The molecule has 0 saturated heterocycles. The molecule has 0 saturated carbocycles. The third-order valence-electron chi connectivity index (χ3n) is 4.14. The van der Waals surface area contributed by atoms with Crippen molar-refractivity contribution in [3.8, 4) is 5.88 Å². The first-order chi connectivity index (χ1) is 13.1. The second-order valence-electron chi connectivity index (χ2n) is 7.33. The van der Waals surface area contributed by atoms with E-state index in [9.17, 15) is 19.4 Å². The SMILES string of the molecule is CC(C)(C)N(CCC(O)c1cccc(OCc2ccc(Cl)cc2F)n1)C(=O)O. The Morgan fingerprint density at radius 1 is 1.32 bits per heavy atom. The van der Waals surface area contributed by atoms with E-state index in [1.165, 1.54) is 17.0 Å². The first-order valence-corrected chi connectivity index (χ1v) is 9.18. The van der Waals surface area contributed by atoms with Crippen LogP contribution in [0.1, 0.15) is 44.6 Å². The second kappa shape index (κ2) is 9.21. The predicted molar refractivity (Wildman–Crippen MR) is 104 cm³/mol. The van der Waals surface area contributed by atoms with Crippen LogP contribution in [0.2, 0.25) is 5.02 Å². The van der Waals surface area contributed by atoms with Crippen molar-refractivity contribution < 1.29 is 24.1 Å². The van der Waals surface area contributed by atoms with E-state index in [4.69, 9.17) is 16.3 Å². The van der Waals surface area contributed by atoms with Crippen molar-refractivity contribution in [2.45, 2.75) is 45.4 Å². The summed E-state index contributed by atoms with van der Waals surface area (Å²) in [5, 5.41) is 20.0. The Bertz CT molecular complexity index is 826. The maximum absolute atomic E-state index is 13.8. The van der Waals surface area contributed by atoms with Crippen LogP contribution < -0.4 is 4.74 Å². The van der Waals surface area contributed by atoms with Gasteiger partial charge in [-0.25, -0.2) is 14.2 Å². The van der Waals surface area contributed by atoms with Crippen LogP contribution >= 0.6 is 11.6 Å². The fraction of sp³-hybridized carbons (Fsp3) is 0.400. The van der Waals surface area contributed by atoms with Gasteiger partial charge in [0.15, 0.2) is 0 Å². The Kier molecular flexibility index (Phi) is 7.21. The third-order valence-corrected chi connectivity index (χ3v) is 4.38. The Balaban J connectivity index is 2.00. The largest absolute Gasteiger partial charge is 0.473 e. The minimum Gasteiger partial charge on any atom is -0.473 e. The number of rotatable bonds is 7. The molecule has 1 amide bonds. The first kappa shape index (κ1) is 21.9. The molecule has 28 heavy (non-hydrogen) atoms. The molecule has 152 valence electrons. The van der Waals surface area contributed by atoms with Crippen LogP contribution in [0.15, 0.2) is 36.4 Å². The molecule has 2 N–H and O–H groups in total. The van der Waals surface area contributed by atoms with E-state index in [1.807, 2.05) is 0 Å². The molecule has 0 spiro atoms. The van der Waals surface area contributed by atoms with Crippen molar-refractivity contribution in [2.24, 2.45) is 0 Å². The summed E-state index contributed by atoms with van der Waals surface area (Å²) in [7, 11) is 0. The lowest BCUT2D eigenvalue weighted by Crippen LogP contribution is -2.45. The third kappa shape index (κ3) is 6.07. The number of ether oxygens (including phenoxy) is 1. The molecular formula is C20H24ClFN2O4. The van der Waals surface area contributed by atoms with Gasteiger partial charge < -0.3 is 19.8 Å². The van der Waals surface area contributed by atoms with Gasteiger partial charge in [0.1, 0.15) is 12.4 Å². The van der Waals surface area contributed by atoms with Gasteiger partial charge in [-0.15, -0.1) is 0 Å². The number of amides is 1. The molecule has 1 aromatic carbocycles. The molecule has 8 heteroatoms. The zero-order chi connectivity index (χ0) is 20.9. The van der Waals surface area contributed by atoms with Gasteiger partial charge in [0.2, 0.25) is 5.88 Å². The second-order valence-corrected chi connectivity index (χ2v) is 7.77. The van der Waals surface area contributed by atoms with Gasteiger partial charge >= 0.3 is 6.09 Å². The zero-order valence-corrected chi connectivity index (χ0v) is 16.8. The molecule has 0 bridgehead atoms. The molecule has 1 atom stereocenters. The standard InChI is InChI=1S/C20H24ClFN2O4/c1-20(2,3)24(19(26)27)10-9-17(25)16-5-4-6-18(23-16)28-12-13-7-8-14(21)11-15(13)22/h4-8,11,17,25H,9-10,12H2,1-3H3,(H,26,27).